The standard InChI is InChI=1S/C16H15N3O4/c1-2-22-15(21)9-23-10-3-4-11(14(20)7-10)16-18-12-5-6-17-8-13(12)19-16/h3-8,20H,2,9H2,1H3,(H,18,19). The number of phenols is 1. The summed E-state index contributed by atoms with van der Waals surface area (Å²) in [6.45, 7) is 1.82. The van der Waals surface area contributed by atoms with Gasteiger partial charge in [0.2, 0.25) is 0 Å². The maximum absolute atomic E-state index is 11.3. The molecule has 2 N–H and O–H groups in total. The highest BCUT2D eigenvalue weighted by atomic mass is 16.6. The molecule has 0 amide bonds. The van der Waals surface area contributed by atoms with Crippen molar-refractivity contribution in [2.24, 2.45) is 0 Å². The molecule has 3 rings (SSSR count). The summed E-state index contributed by atoms with van der Waals surface area (Å²) >= 11 is 0. The van der Waals surface area contributed by atoms with Crippen LogP contribution < -0.4 is 4.74 Å². The Morgan fingerprint density at radius 3 is 2.96 bits per heavy atom. The number of pyridine rings is 1. The van der Waals surface area contributed by atoms with Crippen LogP contribution in [0.2, 0.25) is 0 Å². The minimum absolute atomic E-state index is 0.00151. The van der Waals surface area contributed by atoms with Crippen LogP contribution in [0.15, 0.2) is 36.7 Å². The van der Waals surface area contributed by atoms with Gasteiger partial charge < -0.3 is 19.6 Å². The molecule has 23 heavy (non-hydrogen) atoms. The monoisotopic (exact) mass is 313 g/mol. The first-order valence-corrected chi connectivity index (χ1v) is 7.09. The minimum atomic E-state index is -0.458. The first-order valence-electron chi connectivity index (χ1n) is 7.09. The Labute approximate surface area is 131 Å². The number of H-pyrrole nitrogens is 1. The molecule has 0 aliphatic carbocycles. The third kappa shape index (κ3) is 3.23. The quantitative estimate of drug-likeness (QED) is 0.701. The molecule has 1 aromatic carbocycles. The van der Waals surface area contributed by atoms with E-state index < -0.39 is 5.97 Å². The summed E-state index contributed by atoms with van der Waals surface area (Å²) in [7, 11) is 0. The lowest BCUT2D eigenvalue weighted by Crippen LogP contribution is -2.14. The van der Waals surface area contributed by atoms with Gasteiger partial charge in [-0.1, -0.05) is 0 Å². The van der Waals surface area contributed by atoms with Gasteiger partial charge in [0.15, 0.2) is 6.61 Å². The molecule has 7 heteroatoms. The average molecular weight is 313 g/mol. The number of phenolic OH excluding ortho intramolecular Hbond substituents is 1. The number of hydrogen-bond acceptors (Lipinski definition) is 6. The molecule has 0 spiro atoms. The number of imidazole rings is 1. The van der Waals surface area contributed by atoms with Gasteiger partial charge in [-0.25, -0.2) is 9.78 Å². The van der Waals surface area contributed by atoms with Gasteiger partial charge in [0.05, 0.1) is 29.4 Å². The Morgan fingerprint density at radius 2 is 2.22 bits per heavy atom. The topological polar surface area (TPSA) is 97.3 Å². The van der Waals surface area contributed by atoms with E-state index in [4.69, 9.17) is 9.47 Å². The predicted molar refractivity (Wildman–Crippen MR) is 83.1 cm³/mol. The van der Waals surface area contributed by atoms with Gasteiger partial charge in [0.1, 0.15) is 17.3 Å². The molecule has 2 aromatic heterocycles. The van der Waals surface area contributed by atoms with Crippen LogP contribution in [0.4, 0.5) is 0 Å². The van der Waals surface area contributed by atoms with Gasteiger partial charge in [0.25, 0.3) is 0 Å². The van der Waals surface area contributed by atoms with Crippen LogP contribution in [-0.4, -0.2) is 39.2 Å². The molecule has 0 bridgehead atoms. The molecule has 0 radical (unpaired) electrons. The first-order chi connectivity index (χ1) is 11.2. The van der Waals surface area contributed by atoms with Gasteiger partial charge in [-0.2, -0.15) is 0 Å². The fourth-order valence-electron chi connectivity index (χ4n) is 2.13. The van der Waals surface area contributed by atoms with Crippen molar-refractivity contribution in [1.82, 2.24) is 15.0 Å². The summed E-state index contributed by atoms with van der Waals surface area (Å²) in [6, 6.07) is 6.53. The van der Waals surface area contributed by atoms with Crippen LogP contribution in [0.1, 0.15) is 6.92 Å². The number of aromatic nitrogens is 3. The number of carbonyl (C=O) groups excluding carboxylic acids is 1. The van der Waals surface area contributed by atoms with Crippen molar-refractivity contribution in [2.45, 2.75) is 6.92 Å². The van der Waals surface area contributed by atoms with Crippen LogP contribution in [0.25, 0.3) is 22.4 Å². The Morgan fingerprint density at radius 1 is 1.35 bits per heavy atom. The van der Waals surface area contributed by atoms with Crippen molar-refractivity contribution >= 4 is 17.0 Å². The predicted octanol–water partition coefficient (Wildman–Crippen LogP) is 2.27. The Balaban J connectivity index is 1.80. The van der Waals surface area contributed by atoms with E-state index in [0.29, 0.717) is 23.7 Å². The smallest absolute Gasteiger partial charge is 0.344 e. The summed E-state index contributed by atoms with van der Waals surface area (Å²) in [4.78, 5) is 22.8. The van der Waals surface area contributed by atoms with Crippen molar-refractivity contribution in [2.75, 3.05) is 13.2 Å². The number of nitrogens with one attached hydrogen (secondary N) is 1. The molecule has 3 aromatic rings. The number of fused-ring (bicyclic) bond motifs is 1. The van der Waals surface area contributed by atoms with E-state index in [0.717, 1.165) is 11.0 Å². The maximum Gasteiger partial charge on any atom is 0.344 e. The first kappa shape index (κ1) is 14.8. The molecular formula is C16H15N3O4. The van der Waals surface area contributed by atoms with E-state index in [2.05, 4.69) is 15.0 Å². The minimum Gasteiger partial charge on any atom is -0.507 e. The highest BCUT2D eigenvalue weighted by Gasteiger charge is 2.11. The van der Waals surface area contributed by atoms with Crippen molar-refractivity contribution in [3.8, 4) is 22.9 Å². The second-order valence-electron chi connectivity index (χ2n) is 4.75. The largest absolute Gasteiger partial charge is 0.507 e. The van der Waals surface area contributed by atoms with Crippen molar-refractivity contribution < 1.29 is 19.4 Å². The van der Waals surface area contributed by atoms with Gasteiger partial charge in [-0.05, 0) is 25.1 Å². The Kier molecular flexibility index (Phi) is 4.09. The molecule has 0 aliphatic rings. The van der Waals surface area contributed by atoms with E-state index in [9.17, 15) is 9.90 Å². The highest BCUT2D eigenvalue weighted by Crippen LogP contribution is 2.31. The van der Waals surface area contributed by atoms with Crippen molar-refractivity contribution in [3.63, 3.8) is 0 Å². The van der Waals surface area contributed by atoms with Crippen LogP contribution >= 0.6 is 0 Å². The number of carbonyl (C=O) groups is 1. The van der Waals surface area contributed by atoms with E-state index >= 15 is 0 Å². The van der Waals surface area contributed by atoms with Crippen molar-refractivity contribution in [3.05, 3.63) is 36.7 Å². The fourth-order valence-corrected chi connectivity index (χ4v) is 2.13. The maximum atomic E-state index is 11.3. The second kappa shape index (κ2) is 6.35. The molecule has 0 saturated heterocycles. The second-order valence-corrected chi connectivity index (χ2v) is 4.75. The number of aromatic amines is 1. The number of benzene rings is 1. The van der Waals surface area contributed by atoms with E-state index in [1.165, 1.54) is 6.07 Å². The number of nitrogens with zero attached hydrogens (tertiary/aromatic N) is 2. The molecular weight excluding hydrogens is 298 g/mol. The number of ether oxygens (including phenoxy) is 2. The molecule has 7 nitrogen and oxygen atoms in total. The number of hydrogen-bond donors (Lipinski definition) is 2. The van der Waals surface area contributed by atoms with E-state index in [1.54, 1.807) is 37.5 Å². The molecule has 0 aliphatic heterocycles. The van der Waals surface area contributed by atoms with Crippen molar-refractivity contribution in [1.29, 1.82) is 0 Å². The molecule has 118 valence electrons. The third-order valence-corrected chi connectivity index (χ3v) is 3.17. The van der Waals surface area contributed by atoms with Crippen LogP contribution in [-0.2, 0) is 9.53 Å². The molecule has 0 atom stereocenters. The molecule has 0 fully saturated rings. The molecule has 0 saturated carbocycles. The van der Waals surface area contributed by atoms with Gasteiger partial charge in [-0.3, -0.25) is 4.98 Å². The van der Waals surface area contributed by atoms with Gasteiger partial charge >= 0.3 is 5.97 Å². The number of aromatic hydroxyl groups is 1. The molecule has 2 heterocycles. The summed E-state index contributed by atoms with van der Waals surface area (Å²) in [5.74, 6) is 0.443. The summed E-state index contributed by atoms with van der Waals surface area (Å²) < 4.78 is 10.0. The zero-order valence-electron chi connectivity index (χ0n) is 12.4. The summed E-state index contributed by atoms with van der Waals surface area (Å²) in [6.07, 6.45) is 3.32. The van der Waals surface area contributed by atoms with E-state index in [1.807, 2.05) is 0 Å². The zero-order valence-corrected chi connectivity index (χ0v) is 12.4. The Hall–Kier alpha value is -3.09. The van der Waals surface area contributed by atoms with Gasteiger partial charge in [-0.15, -0.1) is 0 Å². The molecule has 0 unspecified atom stereocenters. The SMILES string of the molecule is CCOC(=O)COc1ccc(-c2nc3ccncc3[nH]2)c(O)c1. The van der Waals surface area contributed by atoms with Crippen LogP contribution in [0, 0.1) is 0 Å². The number of rotatable bonds is 5. The van der Waals surface area contributed by atoms with Gasteiger partial charge in [0, 0.05) is 12.3 Å². The zero-order chi connectivity index (χ0) is 16.2. The lowest BCUT2D eigenvalue weighted by molar-refractivity contribution is -0.145. The lowest BCUT2D eigenvalue weighted by Gasteiger charge is -2.07. The third-order valence-electron chi connectivity index (χ3n) is 3.17. The Bertz CT molecular complexity index is 811. The summed E-state index contributed by atoms with van der Waals surface area (Å²) in [5.41, 5.74) is 2.08. The van der Waals surface area contributed by atoms with Crippen LogP contribution in [0.5, 0.6) is 11.5 Å². The lowest BCUT2D eigenvalue weighted by atomic mass is 10.2. The highest BCUT2D eigenvalue weighted by molar-refractivity contribution is 5.80. The van der Waals surface area contributed by atoms with E-state index in [-0.39, 0.29) is 12.4 Å². The number of esters is 1. The summed E-state index contributed by atoms with van der Waals surface area (Å²) in [5, 5.41) is 10.2. The average Bonchev–Trinajstić information content (AvgIpc) is 2.97. The van der Waals surface area contributed by atoms with Crippen LogP contribution in [0.3, 0.4) is 0 Å². The normalized spacial score (nSPS) is 10.7. The fraction of sp³-hybridized carbons (Fsp3) is 0.188.